The van der Waals surface area contributed by atoms with E-state index in [0.717, 1.165) is 11.8 Å². The minimum atomic E-state index is -0.548. The van der Waals surface area contributed by atoms with Gasteiger partial charge >= 0.3 is 0 Å². The summed E-state index contributed by atoms with van der Waals surface area (Å²) in [6, 6.07) is 13.4. The number of hydrogen-bond donors (Lipinski definition) is 0. The molecule has 0 bridgehead atoms. The van der Waals surface area contributed by atoms with Crippen LogP contribution in [0.25, 0.3) is 11.6 Å². The Balaban J connectivity index is 2.34. The van der Waals surface area contributed by atoms with E-state index in [9.17, 15) is 15.4 Å². The van der Waals surface area contributed by atoms with Crippen LogP contribution in [0.4, 0.5) is 5.69 Å². The van der Waals surface area contributed by atoms with E-state index in [1.54, 1.807) is 30.3 Å². The molecular weight excluding hydrogens is 268 g/mol. The Morgan fingerprint density at radius 1 is 1.19 bits per heavy atom. The van der Waals surface area contributed by atoms with Crippen molar-refractivity contribution in [1.29, 1.82) is 10.5 Å². The normalized spacial score (nSPS) is 10.5. The zero-order valence-electron chi connectivity index (χ0n) is 10.7. The number of nitrogens with zero attached hydrogens (tertiary/aromatic N) is 4. The molecule has 0 saturated heterocycles. The first kappa shape index (κ1) is 13.9. The number of nitro groups is 1. The highest BCUT2D eigenvalue weighted by molar-refractivity contribution is 5.88. The first-order chi connectivity index (χ1) is 10.1. The molecule has 0 aliphatic heterocycles. The average molecular weight is 276 g/mol. The molecule has 6 heteroatoms. The summed E-state index contributed by atoms with van der Waals surface area (Å²) in [5, 5.41) is 28.5. The number of benzene rings is 1. The molecule has 100 valence electrons. The molecule has 0 unspecified atom stereocenters. The lowest BCUT2D eigenvalue weighted by atomic mass is 10.1. The Hall–Kier alpha value is -3.51. The summed E-state index contributed by atoms with van der Waals surface area (Å²) < 4.78 is 0. The van der Waals surface area contributed by atoms with Gasteiger partial charge in [-0.25, -0.2) is 4.98 Å². The van der Waals surface area contributed by atoms with Gasteiger partial charge in [-0.05, 0) is 29.8 Å². The van der Waals surface area contributed by atoms with Crippen LogP contribution < -0.4 is 0 Å². The number of rotatable bonds is 3. The predicted octanol–water partition coefficient (Wildman–Crippen LogP) is 2.93. The Kier molecular flexibility index (Phi) is 4.03. The van der Waals surface area contributed by atoms with E-state index in [4.69, 9.17) is 5.26 Å². The highest BCUT2D eigenvalue weighted by atomic mass is 16.6. The van der Waals surface area contributed by atoms with Crippen LogP contribution in [0.5, 0.6) is 0 Å². The summed E-state index contributed by atoms with van der Waals surface area (Å²) >= 11 is 0. The van der Waals surface area contributed by atoms with Crippen molar-refractivity contribution in [3.05, 3.63) is 69.5 Å². The number of aromatic nitrogens is 1. The van der Waals surface area contributed by atoms with Gasteiger partial charge in [-0.3, -0.25) is 10.1 Å². The van der Waals surface area contributed by atoms with Crippen LogP contribution in [0.1, 0.15) is 16.8 Å². The van der Waals surface area contributed by atoms with Crippen molar-refractivity contribution in [3.63, 3.8) is 0 Å². The van der Waals surface area contributed by atoms with Gasteiger partial charge in [0.05, 0.1) is 27.8 Å². The number of hydrogen-bond acceptors (Lipinski definition) is 5. The predicted molar refractivity (Wildman–Crippen MR) is 75.5 cm³/mol. The van der Waals surface area contributed by atoms with E-state index < -0.39 is 4.92 Å². The van der Waals surface area contributed by atoms with E-state index in [0.29, 0.717) is 11.3 Å². The molecule has 6 nitrogen and oxygen atoms in total. The van der Waals surface area contributed by atoms with E-state index in [2.05, 4.69) is 4.98 Å². The van der Waals surface area contributed by atoms with Crippen molar-refractivity contribution in [2.24, 2.45) is 0 Å². The molecule has 1 aromatic carbocycles. The largest absolute Gasteiger partial charge is 0.287 e. The Labute approximate surface area is 120 Å². The highest BCUT2D eigenvalue weighted by Crippen LogP contribution is 2.18. The fraction of sp³-hybridized carbons (Fsp3) is 0. The fourth-order valence-corrected chi connectivity index (χ4v) is 1.64. The lowest BCUT2D eigenvalue weighted by Gasteiger charge is -1.99. The standard InChI is InChI=1S/C15H8N4O2/c16-8-12-3-1-11(2-4-12)7-13(9-17)15-6-5-14(10-18-15)19(20)21/h1-7,10H/b13-7+. The summed E-state index contributed by atoms with van der Waals surface area (Å²) in [5.74, 6) is 0. The van der Waals surface area contributed by atoms with Gasteiger partial charge in [0.15, 0.2) is 0 Å². The molecule has 1 aromatic heterocycles. The molecule has 0 saturated carbocycles. The molecular formula is C15H8N4O2. The third kappa shape index (κ3) is 3.28. The van der Waals surface area contributed by atoms with Crippen molar-refractivity contribution in [2.45, 2.75) is 0 Å². The molecule has 2 rings (SSSR count). The maximum atomic E-state index is 10.6. The summed E-state index contributed by atoms with van der Waals surface area (Å²) in [4.78, 5) is 13.9. The van der Waals surface area contributed by atoms with Gasteiger partial charge in [-0.15, -0.1) is 0 Å². The topological polar surface area (TPSA) is 104 Å². The van der Waals surface area contributed by atoms with Gasteiger partial charge in [0.1, 0.15) is 12.3 Å². The molecule has 21 heavy (non-hydrogen) atoms. The molecule has 0 amide bonds. The monoisotopic (exact) mass is 276 g/mol. The molecule has 0 aliphatic rings. The first-order valence-electron chi connectivity index (χ1n) is 5.87. The number of pyridine rings is 1. The number of nitriles is 2. The van der Waals surface area contributed by atoms with Crippen LogP contribution in [-0.4, -0.2) is 9.91 Å². The molecule has 2 aromatic rings. The van der Waals surface area contributed by atoms with Gasteiger partial charge in [0.2, 0.25) is 0 Å². The van der Waals surface area contributed by atoms with E-state index in [-0.39, 0.29) is 11.3 Å². The molecule has 0 radical (unpaired) electrons. The van der Waals surface area contributed by atoms with Crippen molar-refractivity contribution >= 4 is 17.3 Å². The van der Waals surface area contributed by atoms with Gasteiger partial charge in [0, 0.05) is 6.07 Å². The molecule has 1 heterocycles. The third-order valence-corrected chi connectivity index (χ3v) is 2.71. The van der Waals surface area contributed by atoms with E-state index in [1.165, 1.54) is 12.1 Å². The lowest BCUT2D eigenvalue weighted by molar-refractivity contribution is -0.385. The molecule has 0 spiro atoms. The van der Waals surface area contributed by atoms with Gasteiger partial charge in [0.25, 0.3) is 5.69 Å². The van der Waals surface area contributed by atoms with Crippen LogP contribution in [0, 0.1) is 32.8 Å². The van der Waals surface area contributed by atoms with Crippen molar-refractivity contribution in [3.8, 4) is 12.1 Å². The highest BCUT2D eigenvalue weighted by Gasteiger charge is 2.08. The summed E-state index contributed by atoms with van der Waals surface area (Å²) in [6.45, 7) is 0. The van der Waals surface area contributed by atoms with Crippen LogP contribution in [0.15, 0.2) is 42.6 Å². The quantitative estimate of drug-likeness (QED) is 0.487. The zero-order chi connectivity index (χ0) is 15.2. The molecule has 0 fully saturated rings. The summed E-state index contributed by atoms with van der Waals surface area (Å²) in [6.07, 6.45) is 2.72. The Morgan fingerprint density at radius 3 is 2.38 bits per heavy atom. The molecule has 0 atom stereocenters. The second-order valence-electron chi connectivity index (χ2n) is 4.06. The van der Waals surface area contributed by atoms with Crippen molar-refractivity contribution in [2.75, 3.05) is 0 Å². The van der Waals surface area contributed by atoms with Crippen molar-refractivity contribution in [1.82, 2.24) is 4.98 Å². The van der Waals surface area contributed by atoms with E-state index >= 15 is 0 Å². The number of allylic oxidation sites excluding steroid dienone is 1. The zero-order valence-corrected chi connectivity index (χ0v) is 10.7. The van der Waals surface area contributed by atoms with Crippen LogP contribution in [0.2, 0.25) is 0 Å². The van der Waals surface area contributed by atoms with E-state index in [1.807, 2.05) is 12.1 Å². The fourth-order valence-electron chi connectivity index (χ4n) is 1.64. The molecule has 0 aliphatic carbocycles. The maximum Gasteiger partial charge on any atom is 0.287 e. The van der Waals surface area contributed by atoms with Crippen LogP contribution in [-0.2, 0) is 0 Å². The van der Waals surface area contributed by atoms with Crippen molar-refractivity contribution < 1.29 is 4.92 Å². The first-order valence-corrected chi connectivity index (χ1v) is 5.87. The van der Waals surface area contributed by atoms with Crippen LogP contribution in [0.3, 0.4) is 0 Å². The maximum absolute atomic E-state index is 10.6. The van der Waals surface area contributed by atoms with Gasteiger partial charge < -0.3 is 0 Å². The minimum absolute atomic E-state index is 0.130. The van der Waals surface area contributed by atoms with Crippen LogP contribution >= 0.6 is 0 Å². The Morgan fingerprint density at radius 2 is 1.90 bits per heavy atom. The average Bonchev–Trinajstić information content (AvgIpc) is 2.53. The summed E-state index contributed by atoms with van der Waals surface area (Å²) in [7, 11) is 0. The summed E-state index contributed by atoms with van der Waals surface area (Å²) in [5.41, 5.74) is 1.78. The smallest absolute Gasteiger partial charge is 0.258 e. The Bertz CT molecular complexity index is 778. The minimum Gasteiger partial charge on any atom is -0.258 e. The SMILES string of the molecule is N#C/C(=C\c1ccc(C#N)cc1)c1ccc([N+](=O)[O-])cn1. The van der Waals surface area contributed by atoms with Gasteiger partial charge in [-0.2, -0.15) is 10.5 Å². The third-order valence-electron chi connectivity index (χ3n) is 2.71. The second kappa shape index (κ2) is 6.09. The lowest BCUT2D eigenvalue weighted by Crippen LogP contribution is -1.92. The second-order valence-corrected chi connectivity index (χ2v) is 4.06. The van der Waals surface area contributed by atoms with Gasteiger partial charge in [-0.1, -0.05) is 12.1 Å². The molecule has 0 N–H and O–H groups in total.